The van der Waals surface area contributed by atoms with Crippen LogP contribution < -0.4 is 27.8 Å². The van der Waals surface area contributed by atoms with Gasteiger partial charge in [0.05, 0.1) is 12.0 Å². The van der Waals surface area contributed by atoms with Crippen LogP contribution in [0.25, 0.3) is 0 Å². The molecule has 0 aromatic rings. The number of ketones is 1. The van der Waals surface area contributed by atoms with E-state index in [9.17, 15) is 48.3 Å². The number of carbonyl (C=O) groups is 9. The number of carboxylic acids is 3. The van der Waals surface area contributed by atoms with Crippen LogP contribution in [-0.4, -0.2) is 151 Å². The van der Waals surface area contributed by atoms with Crippen molar-refractivity contribution in [3.05, 3.63) is 0 Å². The van der Waals surface area contributed by atoms with Crippen molar-refractivity contribution in [2.24, 2.45) is 39.9 Å². The Hall–Kier alpha value is -3.90. The van der Waals surface area contributed by atoms with Gasteiger partial charge >= 0.3 is 17.9 Å². The van der Waals surface area contributed by atoms with Crippen LogP contribution in [0.5, 0.6) is 0 Å². The molecule has 0 unspecified atom stereocenters. The van der Waals surface area contributed by atoms with Gasteiger partial charge in [0.1, 0.15) is 18.1 Å². The van der Waals surface area contributed by atoms with Gasteiger partial charge in [0.25, 0.3) is 0 Å². The van der Waals surface area contributed by atoms with E-state index >= 15 is 0 Å². The van der Waals surface area contributed by atoms with Crippen LogP contribution >= 0.6 is 43.2 Å². The molecule has 11 N–H and O–H groups in total. The number of nitrogens with one attached hydrogen (secondary N) is 2. The molecule has 2 aliphatic heterocycles. The van der Waals surface area contributed by atoms with Gasteiger partial charge in [-0.05, 0) is 51.4 Å². The van der Waals surface area contributed by atoms with Crippen LogP contribution in [0, 0.1) is 17.8 Å². The first-order valence-corrected chi connectivity index (χ1v) is 26.4. The molecule has 2 heterocycles. The van der Waals surface area contributed by atoms with E-state index in [2.05, 4.69) is 15.6 Å². The molecule has 64 heavy (non-hydrogen) atoms. The van der Waals surface area contributed by atoms with Crippen molar-refractivity contribution in [1.29, 1.82) is 0 Å². The Morgan fingerprint density at radius 2 is 1.11 bits per heavy atom. The minimum Gasteiger partial charge on any atom is -0.481 e. The van der Waals surface area contributed by atoms with Gasteiger partial charge in [-0.3, -0.25) is 38.6 Å². The fraction of sp³-hybridized carbons (Fsp3) is 0.750. The minimum atomic E-state index is -0.990. The van der Waals surface area contributed by atoms with Gasteiger partial charge in [-0.25, -0.2) is 9.59 Å². The number of nitrogens with two attached hydrogens (primary N) is 3. The predicted octanol–water partition coefficient (Wildman–Crippen LogP) is 2.32. The molecule has 2 fully saturated rings. The monoisotopic (exact) mass is 980 g/mol. The molecule has 0 radical (unpaired) electrons. The molecule has 2 aliphatic rings. The summed E-state index contributed by atoms with van der Waals surface area (Å²) in [6, 6.07) is -2.91. The number of likely N-dealkylation sites (tertiary alicyclic amines) is 2. The largest absolute Gasteiger partial charge is 0.481 e. The lowest BCUT2D eigenvalue weighted by molar-refractivity contribution is -0.149. The maximum atomic E-state index is 12.6. The lowest BCUT2D eigenvalue weighted by atomic mass is 10.0. The molecular formula is C40H68N8O12S4. The number of aliphatic imine (C=N–C) groups is 1. The molecule has 20 nitrogen and oxygen atoms in total. The number of carboxylic acid groups (broad SMARTS) is 3. The van der Waals surface area contributed by atoms with Crippen molar-refractivity contribution in [2.45, 2.75) is 129 Å². The van der Waals surface area contributed by atoms with E-state index in [4.69, 9.17) is 27.4 Å². The Morgan fingerprint density at radius 3 is 1.55 bits per heavy atom. The highest BCUT2D eigenvalue weighted by atomic mass is 33.1. The summed E-state index contributed by atoms with van der Waals surface area (Å²) < 4.78 is 0. The van der Waals surface area contributed by atoms with E-state index in [0.29, 0.717) is 94.7 Å². The maximum absolute atomic E-state index is 12.6. The first-order chi connectivity index (χ1) is 30.2. The molecule has 0 aromatic carbocycles. The van der Waals surface area contributed by atoms with Gasteiger partial charge in [0.15, 0.2) is 11.7 Å². The Kier molecular flexibility index (Phi) is 29.0. The summed E-state index contributed by atoms with van der Waals surface area (Å²) >= 11 is 0. The average Bonchev–Trinajstić information content (AvgIpc) is 3.93. The zero-order valence-corrected chi connectivity index (χ0v) is 40.5. The summed E-state index contributed by atoms with van der Waals surface area (Å²) in [6.07, 6.45) is 6.53. The van der Waals surface area contributed by atoms with Crippen LogP contribution in [0.4, 0.5) is 0 Å². The first-order valence-electron chi connectivity index (χ1n) is 21.4. The van der Waals surface area contributed by atoms with Crippen molar-refractivity contribution >= 4 is 102 Å². The first kappa shape index (κ1) is 58.1. The number of rotatable bonds is 30. The van der Waals surface area contributed by atoms with Crippen LogP contribution in [0.2, 0.25) is 0 Å². The van der Waals surface area contributed by atoms with Crippen LogP contribution in [0.15, 0.2) is 4.99 Å². The van der Waals surface area contributed by atoms with E-state index in [0.717, 1.165) is 12.8 Å². The van der Waals surface area contributed by atoms with Gasteiger partial charge < -0.3 is 53.0 Å². The van der Waals surface area contributed by atoms with E-state index in [-0.39, 0.29) is 59.4 Å². The molecule has 2 rings (SSSR count). The number of carbonyl (C=O) groups excluding carboxylic acids is 6. The zero-order chi connectivity index (χ0) is 48.4. The van der Waals surface area contributed by atoms with Crippen molar-refractivity contribution in [3.63, 3.8) is 0 Å². The number of amides is 5. The quantitative estimate of drug-likeness (QED) is 0.0222. The number of hydrogen-bond donors (Lipinski definition) is 8. The summed E-state index contributed by atoms with van der Waals surface area (Å²) in [7, 11) is 5.58. The molecule has 0 aliphatic carbocycles. The average molecular weight is 981 g/mol. The Balaban J connectivity index is 0.000000812. The van der Waals surface area contributed by atoms with Gasteiger partial charge in [0.2, 0.25) is 29.5 Å². The lowest BCUT2D eigenvalue weighted by Gasteiger charge is -2.24. The number of primary amides is 1. The standard InChI is InChI=1S/C27H47N7O7S2.C13H21NO5S2/c1-17(25(39)34-14-8-10-21(34)26(40)41)15-42-43-16-20(24(28)38)33-23(37)12-6-4-3-5-11-22(36)19(32-18(2)35)9-7-13-31-27(29)30;1-8(6-20-21-7-9(2)12(16)17)11(15)14-5-3-4-10(14)13(18)19/h17,19-21H,3-16H2,1-2H3,(H2,28,38)(H,32,35)(H,33,37)(H,40,41)(H4,29,30,31);8-10H,3-7H2,1-2H3,(H,16,17)(H,18,19)/t17-,19+,20+,21+;8-,9+,10+/m11/s1. The second kappa shape index (κ2) is 31.9. The SMILES string of the molecule is CC(=O)N[C@@H](CCCN=C(N)N)C(=O)CCCCCCC(=O)N[C@@H](CSSC[C@@H](C)C(=O)N1CCC[C@H]1C(=O)O)C(N)=O.C[C@H](CSSC[C@H](C)C(=O)O)C(=O)N1CCC[C@H]1C(=O)O. The molecule has 0 saturated carbocycles. The predicted molar refractivity (Wildman–Crippen MR) is 251 cm³/mol. The van der Waals surface area contributed by atoms with Gasteiger partial charge in [0, 0.05) is 74.2 Å². The number of Topliss-reactive ketones (excluding diaryl/α,β-unsaturated/α-hetero) is 1. The molecule has 24 heteroatoms. The molecule has 0 bridgehead atoms. The number of unbranched alkanes of at least 4 members (excludes halogenated alkanes) is 3. The van der Waals surface area contributed by atoms with Crippen molar-refractivity contribution < 1.29 is 58.5 Å². The topological polar surface area (TPSA) is 335 Å². The molecule has 5 amide bonds. The minimum absolute atomic E-state index is 0.0222. The van der Waals surface area contributed by atoms with E-state index < -0.39 is 53.9 Å². The molecule has 7 atom stereocenters. The Bertz CT molecular complexity index is 1610. The normalized spacial score (nSPS) is 18.0. The summed E-state index contributed by atoms with van der Waals surface area (Å²) in [5.74, 6) is -3.75. The number of guanidine groups is 1. The molecular weight excluding hydrogens is 913 g/mol. The zero-order valence-electron chi connectivity index (χ0n) is 37.2. The second-order valence-corrected chi connectivity index (χ2v) is 20.9. The van der Waals surface area contributed by atoms with Crippen LogP contribution in [-0.2, 0) is 43.2 Å². The van der Waals surface area contributed by atoms with Crippen molar-refractivity contribution in [3.8, 4) is 0 Å². The van der Waals surface area contributed by atoms with E-state index in [1.54, 1.807) is 20.8 Å². The molecule has 0 spiro atoms. The number of nitrogens with zero attached hydrogens (tertiary/aromatic N) is 3. The summed E-state index contributed by atoms with van der Waals surface area (Å²) in [5, 5.41) is 32.5. The fourth-order valence-corrected chi connectivity index (χ4v) is 11.8. The van der Waals surface area contributed by atoms with Crippen molar-refractivity contribution in [2.75, 3.05) is 42.6 Å². The smallest absolute Gasteiger partial charge is 0.326 e. The number of aliphatic carboxylic acids is 3. The Labute approximate surface area is 391 Å². The summed E-state index contributed by atoms with van der Waals surface area (Å²) in [5.41, 5.74) is 16.1. The fourth-order valence-electron chi connectivity index (χ4n) is 6.56. The third-order valence-electron chi connectivity index (χ3n) is 10.2. The highest BCUT2D eigenvalue weighted by molar-refractivity contribution is 8.77. The van der Waals surface area contributed by atoms with Gasteiger partial charge in [-0.1, -0.05) is 76.8 Å². The van der Waals surface area contributed by atoms with Crippen LogP contribution in [0.1, 0.15) is 105 Å². The van der Waals surface area contributed by atoms with Gasteiger partial charge in [-0.2, -0.15) is 0 Å². The second-order valence-electron chi connectivity index (χ2n) is 15.8. The molecule has 0 aromatic heterocycles. The summed E-state index contributed by atoms with van der Waals surface area (Å²) in [4.78, 5) is 113. The maximum Gasteiger partial charge on any atom is 0.326 e. The van der Waals surface area contributed by atoms with Crippen molar-refractivity contribution in [1.82, 2.24) is 20.4 Å². The third kappa shape index (κ3) is 23.3. The van der Waals surface area contributed by atoms with E-state index in [1.807, 2.05) is 0 Å². The van der Waals surface area contributed by atoms with E-state index in [1.165, 1.54) is 59.9 Å². The summed E-state index contributed by atoms with van der Waals surface area (Å²) in [6.45, 7) is 7.86. The Morgan fingerprint density at radius 1 is 0.641 bits per heavy atom. The van der Waals surface area contributed by atoms with Crippen LogP contribution in [0.3, 0.4) is 0 Å². The lowest BCUT2D eigenvalue weighted by Crippen LogP contribution is -2.46. The number of hydrogen-bond acceptors (Lipinski definition) is 14. The highest BCUT2D eigenvalue weighted by Gasteiger charge is 2.37. The highest BCUT2D eigenvalue weighted by Crippen LogP contribution is 2.29. The third-order valence-corrected chi connectivity index (χ3v) is 15.6. The molecule has 364 valence electrons. The molecule has 2 saturated heterocycles. The van der Waals surface area contributed by atoms with Gasteiger partial charge in [-0.15, -0.1) is 0 Å².